The van der Waals surface area contributed by atoms with Crippen LogP contribution in [0.5, 0.6) is 0 Å². The van der Waals surface area contributed by atoms with E-state index in [0.717, 1.165) is 49.5 Å². The number of hydrogen-bond donors (Lipinski definition) is 1. The van der Waals surface area contributed by atoms with Crippen molar-refractivity contribution in [3.63, 3.8) is 0 Å². The number of fused-ring (bicyclic) bond motifs is 1. The van der Waals surface area contributed by atoms with Gasteiger partial charge in [-0.05, 0) is 24.6 Å². The summed E-state index contributed by atoms with van der Waals surface area (Å²) in [6.45, 7) is 6.68. The van der Waals surface area contributed by atoms with E-state index in [2.05, 4.69) is 20.2 Å². The van der Waals surface area contributed by atoms with E-state index in [1.54, 1.807) is 0 Å². The van der Waals surface area contributed by atoms with Crippen molar-refractivity contribution in [2.75, 3.05) is 39.4 Å². The molecule has 0 atom stereocenters. The SMILES string of the molecule is Cc1ccc2oc(SCc3nc(C(=O)NCCN4CCOCC4)co3)nc2c1. The van der Waals surface area contributed by atoms with Gasteiger partial charge in [-0.25, -0.2) is 9.97 Å². The van der Waals surface area contributed by atoms with Crippen LogP contribution in [0, 0.1) is 6.92 Å². The molecule has 1 aromatic carbocycles. The van der Waals surface area contributed by atoms with Crippen molar-refractivity contribution in [1.29, 1.82) is 0 Å². The molecule has 2 aromatic heterocycles. The lowest BCUT2D eigenvalue weighted by atomic mass is 10.2. The Hall–Kier alpha value is -2.36. The number of carbonyl (C=O) groups excluding carboxylic acids is 1. The van der Waals surface area contributed by atoms with Gasteiger partial charge in [-0.15, -0.1) is 0 Å². The fourth-order valence-electron chi connectivity index (χ4n) is 2.93. The van der Waals surface area contributed by atoms with Crippen molar-refractivity contribution in [3.05, 3.63) is 41.6 Å². The number of benzene rings is 1. The van der Waals surface area contributed by atoms with Crippen LogP contribution in [0.3, 0.4) is 0 Å². The summed E-state index contributed by atoms with van der Waals surface area (Å²) in [7, 11) is 0. The van der Waals surface area contributed by atoms with Crippen LogP contribution in [0.4, 0.5) is 0 Å². The molecular formula is C19H22N4O4S. The molecule has 8 nitrogen and oxygen atoms in total. The van der Waals surface area contributed by atoms with E-state index in [-0.39, 0.29) is 11.6 Å². The highest BCUT2D eigenvalue weighted by Crippen LogP contribution is 2.26. The molecule has 148 valence electrons. The van der Waals surface area contributed by atoms with Crippen LogP contribution < -0.4 is 5.32 Å². The number of thioether (sulfide) groups is 1. The molecule has 0 bridgehead atoms. The van der Waals surface area contributed by atoms with Gasteiger partial charge in [0.1, 0.15) is 11.8 Å². The molecule has 1 aliphatic rings. The molecule has 3 heterocycles. The van der Waals surface area contributed by atoms with Gasteiger partial charge in [-0.3, -0.25) is 9.69 Å². The van der Waals surface area contributed by atoms with Gasteiger partial charge in [0, 0.05) is 26.2 Å². The highest BCUT2D eigenvalue weighted by atomic mass is 32.2. The number of hydrogen-bond acceptors (Lipinski definition) is 8. The smallest absolute Gasteiger partial charge is 0.273 e. The molecule has 28 heavy (non-hydrogen) atoms. The summed E-state index contributed by atoms with van der Waals surface area (Å²) >= 11 is 1.38. The van der Waals surface area contributed by atoms with Gasteiger partial charge in [0.05, 0.1) is 19.0 Å². The molecule has 1 N–H and O–H groups in total. The zero-order valence-corrected chi connectivity index (χ0v) is 16.5. The van der Waals surface area contributed by atoms with Crippen LogP contribution in [-0.4, -0.2) is 60.2 Å². The van der Waals surface area contributed by atoms with Crippen LogP contribution in [0.15, 0.2) is 38.5 Å². The molecule has 1 fully saturated rings. The van der Waals surface area contributed by atoms with Gasteiger partial charge in [0.15, 0.2) is 11.3 Å². The Balaban J connectivity index is 1.26. The van der Waals surface area contributed by atoms with Crippen molar-refractivity contribution in [3.8, 4) is 0 Å². The quantitative estimate of drug-likeness (QED) is 0.603. The van der Waals surface area contributed by atoms with Crippen LogP contribution in [-0.2, 0) is 10.5 Å². The van der Waals surface area contributed by atoms with Gasteiger partial charge in [-0.2, -0.15) is 0 Å². The number of rotatable bonds is 7. The first kappa shape index (κ1) is 19.0. The second-order valence-electron chi connectivity index (χ2n) is 6.58. The second-order valence-corrected chi connectivity index (χ2v) is 7.50. The van der Waals surface area contributed by atoms with E-state index in [1.165, 1.54) is 18.0 Å². The van der Waals surface area contributed by atoms with Crippen LogP contribution >= 0.6 is 11.8 Å². The second kappa shape index (κ2) is 8.76. The number of aromatic nitrogens is 2. The maximum Gasteiger partial charge on any atom is 0.273 e. The molecule has 4 rings (SSSR count). The molecule has 0 aliphatic carbocycles. The van der Waals surface area contributed by atoms with Crippen LogP contribution in [0.25, 0.3) is 11.1 Å². The summed E-state index contributed by atoms with van der Waals surface area (Å²) in [6.07, 6.45) is 1.38. The molecular weight excluding hydrogens is 380 g/mol. The summed E-state index contributed by atoms with van der Waals surface area (Å²) in [6, 6.07) is 5.87. The van der Waals surface area contributed by atoms with Crippen molar-refractivity contribution >= 4 is 28.8 Å². The van der Waals surface area contributed by atoms with E-state index < -0.39 is 0 Å². The minimum Gasteiger partial charge on any atom is -0.447 e. The number of morpholine rings is 1. The van der Waals surface area contributed by atoms with Crippen molar-refractivity contribution < 1.29 is 18.4 Å². The van der Waals surface area contributed by atoms with E-state index >= 15 is 0 Å². The number of aryl methyl sites for hydroxylation is 1. The Labute approximate surface area is 166 Å². The molecule has 3 aromatic rings. The zero-order chi connectivity index (χ0) is 19.3. The lowest BCUT2D eigenvalue weighted by molar-refractivity contribution is 0.0383. The summed E-state index contributed by atoms with van der Waals surface area (Å²) in [5, 5.41) is 3.43. The fraction of sp³-hybridized carbons (Fsp3) is 0.421. The van der Waals surface area contributed by atoms with E-state index in [1.807, 2.05) is 25.1 Å². The molecule has 0 saturated carbocycles. The maximum absolute atomic E-state index is 12.2. The first-order valence-electron chi connectivity index (χ1n) is 9.20. The predicted molar refractivity (Wildman–Crippen MR) is 104 cm³/mol. The molecule has 0 unspecified atom stereocenters. The Morgan fingerprint density at radius 1 is 1.29 bits per heavy atom. The Morgan fingerprint density at radius 3 is 3.00 bits per heavy atom. The highest BCUT2D eigenvalue weighted by Gasteiger charge is 2.15. The molecule has 1 saturated heterocycles. The van der Waals surface area contributed by atoms with Gasteiger partial charge < -0.3 is 18.9 Å². The average Bonchev–Trinajstić information content (AvgIpc) is 3.33. The minimum absolute atomic E-state index is 0.231. The first-order valence-corrected chi connectivity index (χ1v) is 10.2. The number of nitrogens with one attached hydrogen (secondary N) is 1. The Morgan fingerprint density at radius 2 is 2.14 bits per heavy atom. The number of amides is 1. The van der Waals surface area contributed by atoms with Crippen LogP contribution in [0.1, 0.15) is 21.9 Å². The molecule has 0 spiro atoms. The number of ether oxygens (including phenoxy) is 1. The number of oxazole rings is 2. The highest BCUT2D eigenvalue weighted by molar-refractivity contribution is 7.98. The van der Waals surface area contributed by atoms with Crippen LogP contribution in [0.2, 0.25) is 0 Å². The van der Waals surface area contributed by atoms with E-state index in [9.17, 15) is 4.79 Å². The maximum atomic E-state index is 12.2. The molecule has 0 radical (unpaired) electrons. The number of carbonyl (C=O) groups is 1. The monoisotopic (exact) mass is 402 g/mol. The Kier molecular flexibility index (Phi) is 5.94. The fourth-order valence-corrected chi connectivity index (χ4v) is 3.62. The summed E-state index contributed by atoms with van der Waals surface area (Å²) in [4.78, 5) is 23.2. The lowest BCUT2D eigenvalue weighted by Gasteiger charge is -2.26. The first-order chi connectivity index (χ1) is 13.7. The molecule has 9 heteroatoms. The minimum atomic E-state index is -0.231. The third-order valence-electron chi connectivity index (χ3n) is 4.44. The topological polar surface area (TPSA) is 93.6 Å². The van der Waals surface area contributed by atoms with Crippen molar-refractivity contribution in [1.82, 2.24) is 20.2 Å². The average molecular weight is 402 g/mol. The lowest BCUT2D eigenvalue weighted by Crippen LogP contribution is -2.41. The van der Waals surface area contributed by atoms with Gasteiger partial charge in [0.2, 0.25) is 5.89 Å². The third kappa shape index (κ3) is 4.73. The van der Waals surface area contributed by atoms with Gasteiger partial charge in [-0.1, -0.05) is 17.8 Å². The van der Waals surface area contributed by atoms with Gasteiger partial charge in [0.25, 0.3) is 11.1 Å². The standard InChI is InChI=1S/C19H22N4O4S/c1-13-2-3-16-14(10-13)22-19(27-16)28-12-17-21-15(11-26-17)18(24)20-4-5-23-6-8-25-9-7-23/h2-3,10-11H,4-9,12H2,1H3,(H,20,24). The van der Waals surface area contributed by atoms with Gasteiger partial charge >= 0.3 is 0 Å². The summed E-state index contributed by atoms with van der Waals surface area (Å²) < 4.78 is 16.4. The third-order valence-corrected chi connectivity index (χ3v) is 5.26. The normalized spacial score (nSPS) is 15.2. The molecule has 1 aliphatic heterocycles. The van der Waals surface area contributed by atoms with Crippen molar-refractivity contribution in [2.24, 2.45) is 0 Å². The number of nitrogens with zero attached hydrogens (tertiary/aromatic N) is 3. The summed E-state index contributed by atoms with van der Waals surface area (Å²) in [5.41, 5.74) is 3.00. The van der Waals surface area contributed by atoms with E-state index in [0.29, 0.717) is 23.4 Å². The zero-order valence-electron chi connectivity index (χ0n) is 15.6. The van der Waals surface area contributed by atoms with Crippen molar-refractivity contribution in [2.45, 2.75) is 17.9 Å². The summed E-state index contributed by atoms with van der Waals surface area (Å²) in [5.74, 6) is 0.666. The Bertz CT molecular complexity index is 948. The molecule has 1 amide bonds. The largest absolute Gasteiger partial charge is 0.447 e. The van der Waals surface area contributed by atoms with E-state index in [4.69, 9.17) is 13.6 Å². The predicted octanol–water partition coefficient (Wildman–Crippen LogP) is 2.48.